The van der Waals surface area contributed by atoms with Gasteiger partial charge in [0.25, 0.3) is 0 Å². The summed E-state index contributed by atoms with van der Waals surface area (Å²) in [5, 5.41) is 0. The highest BCUT2D eigenvalue weighted by molar-refractivity contribution is 5.49. The van der Waals surface area contributed by atoms with Crippen molar-refractivity contribution in [3.8, 4) is 0 Å². The lowest BCUT2D eigenvalue weighted by Gasteiger charge is -2.60. The van der Waals surface area contributed by atoms with Crippen LogP contribution in [0.2, 0.25) is 0 Å². The van der Waals surface area contributed by atoms with Gasteiger partial charge < -0.3 is 0 Å². The largest absolute Gasteiger partial charge is 0.0467 e. The Morgan fingerprint density at radius 2 is 1.77 bits per heavy atom. The lowest BCUT2D eigenvalue weighted by atomic mass is 9.44. The molecule has 0 aliphatic heterocycles. The second-order valence-electron chi connectivity index (χ2n) is 7.39. The van der Waals surface area contributed by atoms with Gasteiger partial charge in [0.05, 0.1) is 0 Å². The van der Waals surface area contributed by atoms with E-state index in [0.29, 0.717) is 0 Å². The average molecular weight is 170 g/mol. The molecule has 11 atom stereocenters. The van der Waals surface area contributed by atoms with Crippen molar-refractivity contribution < 1.29 is 0 Å². The summed E-state index contributed by atoms with van der Waals surface area (Å²) in [5.74, 6) is 13.1. The fraction of sp³-hybridized carbons (Fsp3) is 1.00. The van der Waals surface area contributed by atoms with Crippen LogP contribution in [0.3, 0.4) is 0 Å². The normalized spacial score (nSPS) is 102. The van der Waals surface area contributed by atoms with Crippen LogP contribution < -0.4 is 0 Å². The van der Waals surface area contributed by atoms with Gasteiger partial charge in [-0.1, -0.05) is 0 Å². The van der Waals surface area contributed by atoms with Crippen LogP contribution in [0.15, 0.2) is 0 Å². The van der Waals surface area contributed by atoms with Crippen LogP contribution in [0.25, 0.3) is 0 Å². The average Bonchev–Trinajstić information content (AvgIpc) is 2.43. The second kappa shape index (κ2) is 1.01. The van der Waals surface area contributed by atoms with Gasteiger partial charge in [-0.05, 0) is 77.4 Å². The molecule has 13 heavy (non-hydrogen) atoms. The van der Waals surface area contributed by atoms with Crippen molar-refractivity contribution in [2.75, 3.05) is 0 Å². The van der Waals surface area contributed by atoms with Gasteiger partial charge >= 0.3 is 0 Å². The van der Waals surface area contributed by atoms with E-state index in [4.69, 9.17) is 0 Å². The summed E-state index contributed by atoms with van der Waals surface area (Å²) in [4.78, 5) is 0. The van der Waals surface area contributed by atoms with Gasteiger partial charge in [-0.2, -0.15) is 0 Å². The molecule has 7 rings (SSSR count). The highest BCUT2D eigenvalue weighted by Crippen LogP contribution is 3.06. The van der Waals surface area contributed by atoms with Crippen LogP contribution >= 0.6 is 0 Å². The first-order valence-electron chi connectivity index (χ1n) is 6.45. The minimum Gasteiger partial charge on any atom is -0.0467 e. The van der Waals surface area contributed by atoms with Crippen LogP contribution in [0.1, 0.15) is 12.8 Å². The number of rotatable bonds is 0. The molecule has 0 saturated heterocycles. The molecule has 7 aliphatic rings. The summed E-state index contributed by atoms with van der Waals surface area (Å²) in [6, 6.07) is 0. The van der Waals surface area contributed by atoms with E-state index in [-0.39, 0.29) is 0 Å². The quantitative estimate of drug-likeness (QED) is 0.521. The molecule has 66 valence electrons. The van der Waals surface area contributed by atoms with E-state index in [2.05, 4.69) is 0 Å². The van der Waals surface area contributed by atoms with Crippen LogP contribution in [0, 0.1) is 64.6 Å². The van der Waals surface area contributed by atoms with Crippen molar-refractivity contribution in [1.82, 2.24) is 0 Å². The molecular weight excluding hydrogens is 156 g/mol. The predicted molar refractivity (Wildman–Crippen MR) is 46.6 cm³/mol. The first kappa shape index (κ1) is 5.19. The van der Waals surface area contributed by atoms with E-state index >= 15 is 0 Å². The van der Waals surface area contributed by atoms with E-state index in [1.54, 1.807) is 12.8 Å². The minimum atomic E-state index is 1.08. The van der Waals surface area contributed by atoms with Gasteiger partial charge in [0, 0.05) is 0 Å². The van der Waals surface area contributed by atoms with E-state index in [9.17, 15) is 0 Å². The van der Waals surface area contributed by atoms with Gasteiger partial charge in [-0.3, -0.25) is 0 Å². The number of hydrogen-bond donors (Lipinski definition) is 0. The zero-order chi connectivity index (χ0) is 7.69. The van der Waals surface area contributed by atoms with Crippen molar-refractivity contribution in [3.63, 3.8) is 0 Å². The third-order valence-electron chi connectivity index (χ3n) is 8.33. The van der Waals surface area contributed by atoms with Crippen molar-refractivity contribution in [3.05, 3.63) is 0 Å². The molecule has 0 nitrogen and oxygen atoms in total. The highest BCUT2D eigenvalue weighted by Gasteiger charge is 3.02. The topological polar surface area (TPSA) is 0 Å². The fourth-order valence-corrected chi connectivity index (χ4v) is 9.06. The zero-order valence-corrected chi connectivity index (χ0v) is 7.69. The molecule has 11 unspecified atom stereocenters. The molecule has 0 heteroatoms. The molecule has 0 N–H and O–H groups in total. The molecule has 7 saturated carbocycles. The Balaban J connectivity index is 1.77. The van der Waals surface area contributed by atoms with Crippen molar-refractivity contribution >= 4 is 0 Å². The third kappa shape index (κ3) is 0.219. The standard InChI is InChI=1S/C13H14/c1-3-2-5-8-6(3)7-4(1)10-12-9(7)11(8)13(5,10)12/h3-12H,1-2H2. The van der Waals surface area contributed by atoms with Crippen LogP contribution in [0.4, 0.5) is 0 Å². The van der Waals surface area contributed by atoms with E-state index in [1.807, 2.05) is 0 Å². The molecule has 0 aromatic carbocycles. The summed E-state index contributed by atoms with van der Waals surface area (Å²) in [7, 11) is 0. The smallest absolute Gasteiger partial charge is 0.0164 e. The second-order valence-corrected chi connectivity index (χ2v) is 7.39. The van der Waals surface area contributed by atoms with Crippen molar-refractivity contribution in [2.45, 2.75) is 12.8 Å². The van der Waals surface area contributed by atoms with Crippen molar-refractivity contribution in [2.24, 2.45) is 64.6 Å². The summed E-state index contributed by atoms with van der Waals surface area (Å²) in [6.07, 6.45) is 3.41. The first-order chi connectivity index (χ1) is 6.45. The van der Waals surface area contributed by atoms with Crippen molar-refractivity contribution in [1.29, 1.82) is 0 Å². The van der Waals surface area contributed by atoms with Gasteiger partial charge in [-0.25, -0.2) is 0 Å². The molecule has 0 bridgehead atoms. The zero-order valence-electron chi connectivity index (χ0n) is 7.69. The minimum absolute atomic E-state index is 1.08. The Hall–Kier alpha value is 0. The predicted octanol–water partition coefficient (Wildman–Crippen LogP) is 2.01. The molecule has 1 spiro atoms. The molecule has 0 amide bonds. The first-order valence-corrected chi connectivity index (χ1v) is 6.45. The van der Waals surface area contributed by atoms with Crippen LogP contribution in [-0.2, 0) is 0 Å². The summed E-state index contributed by atoms with van der Waals surface area (Å²) >= 11 is 0. The van der Waals surface area contributed by atoms with E-state index in [1.165, 1.54) is 59.2 Å². The lowest BCUT2D eigenvalue weighted by Crippen LogP contribution is -2.57. The summed E-state index contributed by atoms with van der Waals surface area (Å²) in [6.45, 7) is 0. The maximum absolute atomic E-state index is 1.71. The molecule has 7 aliphatic carbocycles. The number of fused-ring (bicyclic) bond motifs is 1. The van der Waals surface area contributed by atoms with Crippen LogP contribution in [0.5, 0.6) is 0 Å². The third-order valence-corrected chi connectivity index (χ3v) is 8.33. The maximum Gasteiger partial charge on any atom is -0.0164 e. The number of hydrogen-bond acceptors (Lipinski definition) is 0. The highest BCUT2D eigenvalue weighted by atomic mass is 15.1. The fourth-order valence-electron chi connectivity index (χ4n) is 9.06. The molecule has 0 aromatic rings. The summed E-state index contributed by atoms with van der Waals surface area (Å²) in [5.41, 5.74) is 1.08. The Bertz CT molecular complexity index is 383. The van der Waals surface area contributed by atoms with Gasteiger partial charge in [0.15, 0.2) is 0 Å². The molecular formula is C13H14. The lowest BCUT2D eigenvalue weighted by molar-refractivity contribution is -0.141. The molecule has 0 heterocycles. The summed E-state index contributed by atoms with van der Waals surface area (Å²) < 4.78 is 0. The monoisotopic (exact) mass is 170 g/mol. The Labute approximate surface area is 78.1 Å². The SMILES string of the molecule is C1C2CC3C4C2C2C1C1C5C2C4C315. The maximum atomic E-state index is 1.71. The van der Waals surface area contributed by atoms with Gasteiger partial charge in [0.1, 0.15) is 0 Å². The Morgan fingerprint density at radius 3 is 2.77 bits per heavy atom. The molecule has 0 radical (unpaired) electrons. The van der Waals surface area contributed by atoms with Crippen LogP contribution in [-0.4, -0.2) is 0 Å². The Morgan fingerprint density at radius 1 is 0.769 bits per heavy atom. The van der Waals surface area contributed by atoms with E-state index in [0.717, 1.165) is 5.41 Å². The van der Waals surface area contributed by atoms with Gasteiger partial charge in [-0.15, -0.1) is 0 Å². The molecule has 0 aromatic heterocycles. The Kier molecular flexibility index (Phi) is 0.401. The van der Waals surface area contributed by atoms with E-state index < -0.39 is 0 Å². The van der Waals surface area contributed by atoms with Gasteiger partial charge in [0.2, 0.25) is 0 Å². The molecule has 7 fully saturated rings.